The van der Waals surface area contributed by atoms with Gasteiger partial charge in [0, 0.05) is 44.7 Å². The fourth-order valence-electron chi connectivity index (χ4n) is 6.48. The Bertz CT molecular complexity index is 1680. The summed E-state index contributed by atoms with van der Waals surface area (Å²) in [4.78, 5) is 27.8. The van der Waals surface area contributed by atoms with E-state index in [0.29, 0.717) is 13.1 Å². The van der Waals surface area contributed by atoms with Crippen molar-refractivity contribution in [1.29, 1.82) is 0 Å². The molecule has 336 valence electrons. The minimum absolute atomic E-state index is 0.107. The van der Waals surface area contributed by atoms with Crippen molar-refractivity contribution in [1.82, 2.24) is 20.4 Å². The lowest BCUT2D eigenvalue weighted by Crippen LogP contribution is -2.41. The van der Waals surface area contributed by atoms with Gasteiger partial charge in [0.05, 0.1) is 11.2 Å². The molecule has 0 aromatic heterocycles. The largest absolute Gasteiger partial charge is 0.534 e. The van der Waals surface area contributed by atoms with Crippen molar-refractivity contribution in [3.8, 4) is 0 Å². The van der Waals surface area contributed by atoms with Crippen LogP contribution < -0.4 is 10.6 Å². The smallest absolute Gasteiger partial charge is 0.444 e. The minimum atomic E-state index is -5.50. The van der Waals surface area contributed by atoms with Gasteiger partial charge in [0.25, 0.3) is 0 Å². The van der Waals surface area contributed by atoms with Crippen molar-refractivity contribution >= 4 is 29.4 Å². The standard InChI is InChI=1S/C17H30BNO4.C17H28N2O2.C7H10F3NO3S/c1-15(2,3)21-14(20)19-13-10-8-12(9-11-13)18-22-16(4,5)17(6,7)23-18;1-17(2,3)21-16(20)18-15-7-5-13(6-8-15)14-9-11-19(4)12-10-14;1-11-4-2-6(3-5-11)14-15(12,13)7(8,9)10/h8,13H,9-11H2,1-7H3,(H,19,20);5,9,15H,6-8,10-12H2,1-4H3,(H,18,20);2H,3-5H2,1H3. The zero-order valence-electron chi connectivity index (χ0n) is 37.1. The molecule has 2 N–H and O–H groups in total. The first kappa shape index (κ1) is 50.3. The molecular formula is C41H68BF3N4O9S. The Balaban J connectivity index is 0.000000242. The van der Waals surface area contributed by atoms with E-state index in [1.54, 1.807) is 7.05 Å². The molecule has 0 bridgehead atoms. The number of hydrogen-bond donors (Lipinski definition) is 2. The quantitative estimate of drug-likeness (QED) is 0.153. The Morgan fingerprint density at radius 3 is 1.56 bits per heavy atom. The summed E-state index contributed by atoms with van der Waals surface area (Å²) in [6, 6.07) is 0.312. The zero-order valence-corrected chi connectivity index (χ0v) is 38.0. The molecule has 0 aromatic carbocycles. The highest BCUT2D eigenvalue weighted by Gasteiger charge is 2.52. The third-order valence-electron chi connectivity index (χ3n) is 10.6. The van der Waals surface area contributed by atoms with Gasteiger partial charge >= 0.3 is 34.9 Å². The van der Waals surface area contributed by atoms with E-state index < -0.39 is 26.8 Å². The van der Waals surface area contributed by atoms with E-state index in [4.69, 9.17) is 18.8 Å². The van der Waals surface area contributed by atoms with E-state index in [9.17, 15) is 31.2 Å². The van der Waals surface area contributed by atoms with Crippen LogP contribution in [-0.2, 0) is 33.1 Å². The van der Waals surface area contributed by atoms with Crippen LogP contribution in [0.4, 0.5) is 22.8 Å². The average molecular weight is 861 g/mol. The highest BCUT2D eigenvalue weighted by Crippen LogP contribution is 2.40. The molecule has 1 saturated heterocycles. The molecule has 0 aromatic rings. The molecule has 3 heterocycles. The molecule has 3 aliphatic heterocycles. The molecular weight excluding hydrogens is 792 g/mol. The van der Waals surface area contributed by atoms with Crippen LogP contribution in [0.1, 0.15) is 121 Å². The van der Waals surface area contributed by atoms with Gasteiger partial charge in [-0.15, -0.1) is 0 Å². The average Bonchev–Trinajstić information content (AvgIpc) is 3.31. The SMILES string of the molecule is CC(C)(C)OC(=O)NC1CC=C(B2OC(C)(C)C(C)(C)O2)CC1.CN1CC=C(C2=CCC(NC(=O)OC(C)(C)C)CC2)CC1.CN1CC=C(OS(=O)(=O)C(F)(F)F)CC1. The van der Waals surface area contributed by atoms with Gasteiger partial charge in [-0.2, -0.15) is 21.6 Å². The van der Waals surface area contributed by atoms with Gasteiger partial charge < -0.3 is 43.4 Å². The van der Waals surface area contributed by atoms with Crippen LogP contribution in [0.25, 0.3) is 0 Å². The number of carbonyl (C=O) groups is 2. The number of amides is 2. The molecule has 2 atom stereocenters. The Labute approximate surface area is 350 Å². The summed E-state index contributed by atoms with van der Waals surface area (Å²) in [6.07, 6.45) is 14.2. The normalized spacial score (nSPS) is 24.0. The molecule has 0 spiro atoms. The van der Waals surface area contributed by atoms with Crippen LogP contribution in [0, 0.1) is 0 Å². The molecule has 2 amide bonds. The molecule has 13 nitrogen and oxygen atoms in total. The summed E-state index contributed by atoms with van der Waals surface area (Å²) < 4.78 is 83.7. The molecule has 5 aliphatic rings. The van der Waals surface area contributed by atoms with Gasteiger partial charge in [-0.1, -0.05) is 18.2 Å². The fourth-order valence-corrected chi connectivity index (χ4v) is 7.01. The summed E-state index contributed by atoms with van der Waals surface area (Å²) in [6.45, 7) is 22.5. The maximum Gasteiger partial charge on any atom is 0.534 e. The molecule has 0 saturated carbocycles. The van der Waals surface area contributed by atoms with E-state index >= 15 is 0 Å². The lowest BCUT2D eigenvalue weighted by molar-refractivity contribution is -0.0525. The summed E-state index contributed by atoms with van der Waals surface area (Å²) in [5.41, 5.74) is -2.74. The number of nitrogens with zero attached hydrogens (tertiary/aromatic N) is 2. The Morgan fingerprint density at radius 1 is 0.729 bits per heavy atom. The van der Waals surface area contributed by atoms with Gasteiger partial charge in [-0.25, -0.2) is 9.59 Å². The lowest BCUT2D eigenvalue weighted by Gasteiger charge is -2.32. The summed E-state index contributed by atoms with van der Waals surface area (Å²) in [5.74, 6) is -0.148. The van der Waals surface area contributed by atoms with Crippen molar-refractivity contribution in [2.75, 3.05) is 40.3 Å². The number of rotatable bonds is 6. The highest BCUT2D eigenvalue weighted by molar-refractivity contribution is 7.87. The number of nitrogens with one attached hydrogen (secondary N) is 2. The third-order valence-corrected chi connectivity index (χ3v) is 11.6. The van der Waals surface area contributed by atoms with Crippen molar-refractivity contribution in [2.24, 2.45) is 0 Å². The van der Waals surface area contributed by atoms with E-state index in [2.05, 4.69) is 72.7 Å². The van der Waals surface area contributed by atoms with Gasteiger partial charge in [0.15, 0.2) is 0 Å². The minimum Gasteiger partial charge on any atom is -0.444 e. The summed E-state index contributed by atoms with van der Waals surface area (Å²) >= 11 is 0. The lowest BCUT2D eigenvalue weighted by atomic mass is 9.72. The van der Waals surface area contributed by atoms with Gasteiger partial charge in [-0.3, -0.25) is 0 Å². The van der Waals surface area contributed by atoms with Gasteiger partial charge in [-0.05, 0) is 151 Å². The molecule has 18 heteroatoms. The Kier molecular flexibility index (Phi) is 17.2. The second kappa shape index (κ2) is 20.2. The number of alkyl halides is 3. The van der Waals surface area contributed by atoms with Crippen molar-refractivity contribution in [2.45, 2.75) is 161 Å². The monoisotopic (exact) mass is 860 g/mol. The van der Waals surface area contributed by atoms with Crippen molar-refractivity contribution in [3.05, 3.63) is 46.7 Å². The van der Waals surface area contributed by atoms with E-state index in [-0.39, 0.29) is 54.8 Å². The van der Waals surface area contributed by atoms with Crippen LogP contribution in [0.5, 0.6) is 0 Å². The first-order valence-electron chi connectivity index (χ1n) is 20.4. The molecule has 2 aliphatic carbocycles. The predicted octanol–water partition coefficient (Wildman–Crippen LogP) is 7.95. The number of allylic oxidation sites excluding steroid dienone is 2. The second-order valence-electron chi connectivity index (χ2n) is 18.7. The fraction of sp³-hybridized carbons (Fsp3) is 0.756. The second-order valence-corrected chi connectivity index (χ2v) is 20.3. The van der Waals surface area contributed by atoms with Crippen LogP contribution in [-0.4, -0.2) is 118 Å². The van der Waals surface area contributed by atoms with Crippen molar-refractivity contribution in [3.63, 3.8) is 0 Å². The van der Waals surface area contributed by atoms with Gasteiger partial charge in [0.2, 0.25) is 0 Å². The predicted molar refractivity (Wildman–Crippen MR) is 223 cm³/mol. The molecule has 1 fully saturated rings. The zero-order chi connectivity index (χ0) is 44.6. The summed E-state index contributed by atoms with van der Waals surface area (Å²) in [5, 5.41) is 5.90. The number of likely N-dealkylation sites (N-methyl/N-ethyl adjacent to an activating group) is 2. The number of alkyl carbamates (subject to hydrolysis) is 2. The molecule has 5 rings (SSSR count). The number of ether oxygens (including phenoxy) is 2. The highest BCUT2D eigenvalue weighted by atomic mass is 32.2. The van der Waals surface area contributed by atoms with Crippen LogP contribution >= 0.6 is 0 Å². The van der Waals surface area contributed by atoms with Crippen molar-refractivity contribution < 1.29 is 54.1 Å². The Morgan fingerprint density at radius 2 is 1.19 bits per heavy atom. The third kappa shape index (κ3) is 16.7. The van der Waals surface area contributed by atoms with Crippen LogP contribution in [0.3, 0.4) is 0 Å². The number of halogens is 3. The van der Waals surface area contributed by atoms with E-state index in [0.717, 1.165) is 58.0 Å². The van der Waals surface area contributed by atoms with Gasteiger partial charge in [0.1, 0.15) is 17.0 Å². The first-order valence-corrected chi connectivity index (χ1v) is 21.8. The van der Waals surface area contributed by atoms with Crippen LogP contribution in [0.15, 0.2) is 46.7 Å². The molecule has 0 radical (unpaired) electrons. The number of hydrogen-bond acceptors (Lipinski definition) is 11. The topological polar surface area (TPSA) is 145 Å². The Hall–Kier alpha value is -3.06. The van der Waals surface area contributed by atoms with E-state index in [1.807, 2.05) is 46.4 Å². The summed E-state index contributed by atoms with van der Waals surface area (Å²) in [7, 11) is -1.85. The number of carbonyl (C=O) groups excluding carboxylic acids is 2. The maximum atomic E-state index is 11.9. The molecule has 2 unspecified atom stereocenters. The first-order chi connectivity index (χ1) is 27.0. The maximum absolute atomic E-state index is 11.9. The van der Waals surface area contributed by atoms with Crippen LogP contribution in [0.2, 0.25) is 0 Å². The van der Waals surface area contributed by atoms with E-state index in [1.165, 1.54) is 22.7 Å². The molecule has 59 heavy (non-hydrogen) atoms.